The zero-order chi connectivity index (χ0) is 18.3. The minimum Gasteiger partial charge on any atom is -0.364 e. The standard InChI is InChI=1S/C20H24N4O2/c1-2-16(25)24-9-5-6-12(11-24)14-10-22-19(20(21)26)18-17(14)13-7-3-4-8-15(13)23-18/h2,10,12,23H,1,3-9,11H2,(H2,21,26)/t12-/m0/s1. The van der Waals surface area contributed by atoms with E-state index >= 15 is 0 Å². The minimum absolute atomic E-state index is 0.0243. The molecule has 0 spiro atoms. The summed E-state index contributed by atoms with van der Waals surface area (Å²) in [6.07, 6.45) is 9.45. The van der Waals surface area contributed by atoms with E-state index in [0.717, 1.165) is 61.5 Å². The molecule has 1 aliphatic heterocycles. The Kier molecular flexibility index (Phi) is 4.26. The number of likely N-dealkylation sites (tertiary alicyclic amines) is 1. The zero-order valence-electron chi connectivity index (χ0n) is 14.9. The van der Waals surface area contributed by atoms with E-state index in [1.54, 1.807) is 6.20 Å². The molecule has 136 valence electrons. The highest BCUT2D eigenvalue weighted by atomic mass is 16.2. The van der Waals surface area contributed by atoms with Gasteiger partial charge >= 0.3 is 0 Å². The molecule has 6 heteroatoms. The molecular formula is C20H24N4O2. The predicted octanol–water partition coefficient (Wildman–Crippen LogP) is 2.43. The highest BCUT2D eigenvalue weighted by Crippen LogP contribution is 2.38. The normalized spacial score (nSPS) is 20.0. The van der Waals surface area contributed by atoms with Crippen LogP contribution in [0.3, 0.4) is 0 Å². The largest absolute Gasteiger partial charge is 0.364 e. The van der Waals surface area contributed by atoms with E-state index in [1.807, 2.05) is 4.90 Å². The molecule has 2 amide bonds. The third-order valence-corrected chi connectivity index (χ3v) is 5.73. The summed E-state index contributed by atoms with van der Waals surface area (Å²) in [5, 5.41) is 1.11. The number of nitrogens with one attached hydrogen (secondary N) is 1. The van der Waals surface area contributed by atoms with Crippen LogP contribution in [0.1, 0.15) is 58.9 Å². The molecule has 3 N–H and O–H groups in total. The van der Waals surface area contributed by atoms with Crippen molar-refractivity contribution in [2.24, 2.45) is 5.73 Å². The van der Waals surface area contributed by atoms with Crippen molar-refractivity contribution in [2.75, 3.05) is 13.1 Å². The van der Waals surface area contributed by atoms with Crippen LogP contribution in [-0.2, 0) is 17.6 Å². The van der Waals surface area contributed by atoms with Crippen LogP contribution in [0.15, 0.2) is 18.9 Å². The van der Waals surface area contributed by atoms with Gasteiger partial charge in [0.05, 0.1) is 5.52 Å². The second-order valence-corrected chi connectivity index (χ2v) is 7.29. The number of rotatable bonds is 3. The molecule has 2 aromatic rings. The van der Waals surface area contributed by atoms with Crippen molar-refractivity contribution in [3.05, 3.63) is 41.4 Å². The fraction of sp³-hybridized carbons (Fsp3) is 0.450. The van der Waals surface area contributed by atoms with Gasteiger partial charge in [0.15, 0.2) is 5.69 Å². The highest BCUT2D eigenvalue weighted by molar-refractivity contribution is 6.05. The Bertz CT molecular complexity index is 899. The molecule has 0 saturated carbocycles. The molecule has 4 rings (SSSR count). The number of amides is 2. The number of piperidine rings is 1. The number of nitrogens with zero attached hydrogens (tertiary/aromatic N) is 2. The summed E-state index contributed by atoms with van der Waals surface area (Å²) in [4.78, 5) is 33.6. The topological polar surface area (TPSA) is 92.1 Å². The first-order valence-electron chi connectivity index (χ1n) is 9.33. The average Bonchev–Trinajstić information content (AvgIpc) is 3.06. The molecule has 0 unspecified atom stereocenters. The van der Waals surface area contributed by atoms with Gasteiger partial charge in [-0.15, -0.1) is 0 Å². The number of nitrogens with two attached hydrogens (primary N) is 1. The van der Waals surface area contributed by atoms with Crippen LogP contribution >= 0.6 is 0 Å². The summed E-state index contributed by atoms with van der Waals surface area (Å²) in [7, 11) is 0. The maximum Gasteiger partial charge on any atom is 0.269 e. The average molecular weight is 352 g/mol. The first-order valence-corrected chi connectivity index (χ1v) is 9.33. The van der Waals surface area contributed by atoms with Gasteiger partial charge in [0, 0.05) is 36.3 Å². The van der Waals surface area contributed by atoms with Crippen LogP contribution in [0.4, 0.5) is 0 Å². The maximum atomic E-state index is 12.1. The van der Waals surface area contributed by atoms with E-state index in [2.05, 4.69) is 16.5 Å². The molecule has 26 heavy (non-hydrogen) atoms. The lowest BCUT2D eigenvalue weighted by atomic mass is 9.86. The summed E-state index contributed by atoms with van der Waals surface area (Å²) in [5.74, 6) is -0.317. The number of aryl methyl sites for hydroxylation is 2. The lowest BCUT2D eigenvalue weighted by Crippen LogP contribution is -2.38. The first-order chi connectivity index (χ1) is 12.6. The molecule has 1 saturated heterocycles. The number of fused-ring (bicyclic) bond motifs is 3. The molecule has 6 nitrogen and oxygen atoms in total. The second kappa shape index (κ2) is 6.59. The van der Waals surface area contributed by atoms with Crippen LogP contribution in [0.25, 0.3) is 10.9 Å². The van der Waals surface area contributed by atoms with Gasteiger partial charge in [-0.2, -0.15) is 0 Å². The monoisotopic (exact) mass is 352 g/mol. The summed E-state index contributed by atoms with van der Waals surface area (Å²) in [5.41, 5.74) is 10.3. The molecule has 0 radical (unpaired) electrons. The molecule has 0 aromatic carbocycles. The van der Waals surface area contributed by atoms with Gasteiger partial charge in [0.2, 0.25) is 5.91 Å². The van der Waals surface area contributed by atoms with Crippen LogP contribution in [0.5, 0.6) is 0 Å². The number of pyridine rings is 1. The molecule has 1 aliphatic carbocycles. The number of carbonyl (C=O) groups is 2. The van der Waals surface area contributed by atoms with Gasteiger partial charge in [-0.05, 0) is 55.7 Å². The SMILES string of the molecule is C=CC(=O)N1CCC[C@H](c2cnc(C(N)=O)c3[nH]c4c(c23)CCCC4)C1. The number of primary amides is 1. The quantitative estimate of drug-likeness (QED) is 0.831. The lowest BCUT2D eigenvalue weighted by molar-refractivity contribution is -0.127. The summed E-state index contributed by atoms with van der Waals surface area (Å²) in [6, 6.07) is 0. The Labute approximate surface area is 152 Å². The van der Waals surface area contributed by atoms with Gasteiger partial charge in [0.25, 0.3) is 5.91 Å². The molecule has 0 bridgehead atoms. The summed E-state index contributed by atoms with van der Waals surface area (Å²) < 4.78 is 0. The molecule has 2 aromatic heterocycles. The third kappa shape index (κ3) is 2.69. The van der Waals surface area contributed by atoms with Crippen molar-refractivity contribution in [1.82, 2.24) is 14.9 Å². The van der Waals surface area contributed by atoms with Gasteiger partial charge in [-0.3, -0.25) is 9.59 Å². The van der Waals surface area contributed by atoms with Crippen molar-refractivity contribution in [1.29, 1.82) is 0 Å². The van der Waals surface area contributed by atoms with Crippen molar-refractivity contribution >= 4 is 22.7 Å². The second-order valence-electron chi connectivity index (χ2n) is 7.29. The Hall–Kier alpha value is -2.63. The number of H-pyrrole nitrogens is 1. The summed E-state index contributed by atoms with van der Waals surface area (Å²) >= 11 is 0. The highest BCUT2D eigenvalue weighted by Gasteiger charge is 2.29. The van der Waals surface area contributed by atoms with Gasteiger partial charge in [-0.25, -0.2) is 4.98 Å². The molecular weight excluding hydrogens is 328 g/mol. The Morgan fingerprint density at radius 2 is 2.12 bits per heavy atom. The number of aromatic amines is 1. The van der Waals surface area contributed by atoms with Crippen molar-refractivity contribution < 1.29 is 9.59 Å². The predicted molar refractivity (Wildman–Crippen MR) is 100 cm³/mol. The van der Waals surface area contributed by atoms with E-state index in [-0.39, 0.29) is 11.8 Å². The molecule has 3 heterocycles. The number of aromatic nitrogens is 2. The minimum atomic E-state index is -0.507. The Balaban J connectivity index is 1.83. The lowest BCUT2D eigenvalue weighted by Gasteiger charge is -2.32. The van der Waals surface area contributed by atoms with Gasteiger partial charge in [0.1, 0.15) is 0 Å². The van der Waals surface area contributed by atoms with Crippen LogP contribution < -0.4 is 5.73 Å². The van der Waals surface area contributed by atoms with Crippen molar-refractivity contribution in [2.45, 2.75) is 44.4 Å². The Morgan fingerprint density at radius 1 is 1.31 bits per heavy atom. The first kappa shape index (κ1) is 16.8. The molecule has 2 aliphatic rings. The third-order valence-electron chi connectivity index (χ3n) is 5.73. The van der Waals surface area contributed by atoms with Crippen molar-refractivity contribution in [3.63, 3.8) is 0 Å². The molecule has 1 atom stereocenters. The van der Waals surface area contributed by atoms with E-state index in [9.17, 15) is 9.59 Å². The van der Waals surface area contributed by atoms with Gasteiger partial charge < -0.3 is 15.6 Å². The van der Waals surface area contributed by atoms with Gasteiger partial charge in [-0.1, -0.05) is 6.58 Å². The maximum absolute atomic E-state index is 12.1. The molecule has 1 fully saturated rings. The smallest absolute Gasteiger partial charge is 0.269 e. The van der Waals surface area contributed by atoms with E-state index in [1.165, 1.54) is 17.3 Å². The number of hydrogen-bond donors (Lipinski definition) is 2. The van der Waals surface area contributed by atoms with Crippen molar-refractivity contribution in [3.8, 4) is 0 Å². The van der Waals surface area contributed by atoms with E-state index in [0.29, 0.717) is 12.2 Å². The van der Waals surface area contributed by atoms with E-state index < -0.39 is 5.91 Å². The van der Waals surface area contributed by atoms with Crippen LogP contribution in [0.2, 0.25) is 0 Å². The number of hydrogen-bond acceptors (Lipinski definition) is 3. The van der Waals surface area contributed by atoms with Crippen LogP contribution in [-0.4, -0.2) is 39.8 Å². The van der Waals surface area contributed by atoms with E-state index in [4.69, 9.17) is 5.73 Å². The fourth-order valence-corrected chi connectivity index (χ4v) is 4.50. The number of carbonyl (C=O) groups excluding carboxylic acids is 2. The summed E-state index contributed by atoms with van der Waals surface area (Å²) in [6.45, 7) is 5.03. The zero-order valence-corrected chi connectivity index (χ0v) is 14.9. The fourth-order valence-electron chi connectivity index (χ4n) is 4.50. The Morgan fingerprint density at radius 3 is 2.88 bits per heavy atom. The van der Waals surface area contributed by atoms with Crippen LogP contribution in [0, 0.1) is 0 Å².